The fourth-order valence-corrected chi connectivity index (χ4v) is 5.92. The van der Waals surface area contributed by atoms with Gasteiger partial charge in [-0.2, -0.15) is 0 Å². The van der Waals surface area contributed by atoms with Gasteiger partial charge in [0.15, 0.2) is 5.11 Å². The van der Waals surface area contributed by atoms with E-state index in [2.05, 4.69) is 47.4 Å². The Morgan fingerprint density at radius 1 is 1.00 bits per heavy atom. The maximum absolute atomic E-state index is 12.8. The molecule has 1 fully saturated rings. The number of anilines is 2. The molecule has 1 heterocycles. The number of piperazine rings is 1. The van der Waals surface area contributed by atoms with E-state index in [1.54, 1.807) is 18.2 Å². The number of nitrogens with zero attached hydrogens (tertiary/aromatic N) is 2. The van der Waals surface area contributed by atoms with Gasteiger partial charge in [0.25, 0.3) is 11.8 Å². The Kier molecular flexibility index (Phi) is 9.07. The molecule has 0 saturated carbocycles. The Labute approximate surface area is 242 Å². The van der Waals surface area contributed by atoms with Gasteiger partial charge < -0.3 is 19.9 Å². The third-order valence-corrected chi connectivity index (χ3v) is 7.37. The summed E-state index contributed by atoms with van der Waals surface area (Å²) in [5, 5.41) is 6.34. The van der Waals surface area contributed by atoms with Crippen LogP contribution in [-0.4, -0.2) is 55.1 Å². The van der Waals surface area contributed by atoms with E-state index in [0.29, 0.717) is 58.2 Å². The Morgan fingerprint density at radius 2 is 1.70 bits per heavy atom. The first kappa shape index (κ1) is 27.4. The van der Waals surface area contributed by atoms with Gasteiger partial charge in [-0.3, -0.25) is 14.9 Å². The van der Waals surface area contributed by atoms with Crippen LogP contribution < -0.4 is 20.3 Å². The summed E-state index contributed by atoms with van der Waals surface area (Å²) in [5.41, 5.74) is 2.53. The summed E-state index contributed by atoms with van der Waals surface area (Å²) in [6.45, 7) is 2.55. The molecule has 1 saturated heterocycles. The van der Waals surface area contributed by atoms with Crippen LogP contribution in [0.1, 0.15) is 20.7 Å². The van der Waals surface area contributed by atoms with Crippen molar-refractivity contribution in [2.24, 2.45) is 0 Å². The van der Waals surface area contributed by atoms with Crippen LogP contribution in [0.3, 0.4) is 0 Å². The minimum absolute atomic E-state index is 0.0364. The lowest BCUT2D eigenvalue weighted by molar-refractivity contribution is 0.0746. The molecule has 2 amide bonds. The van der Waals surface area contributed by atoms with E-state index in [0.717, 1.165) is 10.2 Å². The molecule has 2 N–H and O–H groups in total. The van der Waals surface area contributed by atoms with Crippen LogP contribution in [0, 0.1) is 0 Å². The largest absolute Gasteiger partial charge is 0.495 e. The molecule has 1 aliphatic rings. The van der Waals surface area contributed by atoms with Crippen molar-refractivity contribution in [3.8, 4) is 5.75 Å². The SMILES string of the molecule is COc1c(Br)cc(Br)cc1C(=O)NC(=S)Nc1ccc(N2CCN(C(=O)c3ccccc3)CC2)c(Cl)c1. The number of nitrogens with one attached hydrogen (secondary N) is 2. The number of hydrogen-bond acceptors (Lipinski definition) is 5. The molecule has 0 atom stereocenters. The molecule has 0 radical (unpaired) electrons. The smallest absolute Gasteiger partial charge is 0.261 e. The fourth-order valence-electron chi connectivity index (χ4n) is 4.02. The maximum Gasteiger partial charge on any atom is 0.261 e. The molecule has 0 unspecified atom stereocenters. The molecule has 1 aliphatic heterocycles. The second-order valence-electron chi connectivity index (χ2n) is 8.19. The molecule has 0 spiro atoms. The Morgan fingerprint density at radius 3 is 2.35 bits per heavy atom. The summed E-state index contributed by atoms with van der Waals surface area (Å²) >= 11 is 18.7. The lowest BCUT2D eigenvalue weighted by Gasteiger charge is -2.36. The number of rotatable bonds is 5. The number of hydrogen-bond donors (Lipinski definition) is 2. The zero-order chi connectivity index (χ0) is 26.5. The molecule has 4 rings (SSSR count). The van der Waals surface area contributed by atoms with E-state index in [-0.39, 0.29) is 11.0 Å². The van der Waals surface area contributed by atoms with E-state index in [9.17, 15) is 9.59 Å². The summed E-state index contributed by atoms with van der Waals surface area (Å²) in [5.74, 6) is 0.0257. The average Bonchev–Trinajstić information content (AvgIpc) is 2.88. The fraction of sp³-hybridized carbons (Fsp3) is 0.192. The van der Waals surface area contributed by atoms with E-state index >= 15 is 0 Å². The summed E-state index contributed by atoms with van der Waals surface area (Å²) in [4.78, 5) is 29.5. The Bertz CT molecular complexity index is 1330. The number of methoxy groups -OCH3 is 1. The van der Waals surface area contributed by atoms with Crippen LogP contribution in [0.5, 0.6) is 5.75 Å². The van der Waals surface area contributed by atoms with Crippen molar-refractivity contribution in [2.75, 3.05) is 43.5 Å². The van der Waals surface area contributed by atoms with Gasteiger partial charge in [-0.1, -0.05) is 45.7 Å². The summed E-state index contributed by atoms with van der Waals surface area (Å²) in [6.07, 6.45) is 0. The van der Waals surface area contributed by atoms with Gasteiger partial charge in [0.2, 0.25) is 0 Å². The number of carbonyl (C=O) groups excluding carboxylic acids is 2. The second kappa shape index (κ2) is 12.3. The number of amides is 2. The standard InChI is InChI=1S/C26H23Br2ClN4O3S/c1-36-23-19(13-17(27)14-20(23)28)24(34)31-26(37)30-18-7-8-22(21(29)15-18)32-9-11-33(12-10-32)25(35)16-5-3-2-4-6-16/h2-8,13-15H,9-12H2,1H3,(H2,30,31,34,37). The first-order valence-corrected chi connectivity index (χ1v) is 13.7. The van der Waals surface area contributed by atoms with Crippen LogP contribution in [0.15, 0.2) is 69.6 Å². The molecular weight excluding hydrogens is 644 g/mol. The molecule has 0 aromatic heterocycles. The number of thiocarbonyl (C=S) groups is 1. The lowest BCUT2D eigenvalue weighted by Crippen LogP contribution is -2.48. The number of ether oxygens (including phenoxy) is 1. The van der Waals surface area contributed by atoms with Gasteiger partial charge in [0.1, 0.15) is 5.75 Å². The van der Waals surface area contributed by atoms with Crippen LogP contribution in [0.25, 0.3) is 0 Å². The number of halogens is 3. The van der Waals surface area contributed by atoms with Crippen LogP contribution in [0.4, 0.5) is 11.4 Å². The van der Waals surface area contributed by atoms with Crippen LogP contribution in [-0.2, 0) is 0 Å². The second-order valence-corrected chi connectivity index (χ2v) is 10.8. The van der Waals surface area contributed by atoms with Crippen molar-refractivity contribution in [1.29, 1.82) is 0 Å². The van der Waals surface area contributed by atoms with Crippen molar-refractivity contribution in [3.63, 3.8) is 0 Å². The lowest BCUT2D eigenvalue weighted by atomic mass is 10.1. The van der Waals surface area contributed by atoms with Crippen molar-refractivity contribution < 1.29 is 14.3 Å². The first-order valence-electron chi connectivity index (χ1n) is 11.3. The van der Waals surface area contributed by atoms with Crippen LogP contribution in [0.2, 0.25) is 5.02 Å². The maximum atomic E-state index is 12.8. The summed E-state index contributed by atoms with van der Waals surface area (Å²) < 4.78 is 6.70. The topological polar surface area (TPSA) is 73.9 Å². The van der Waals surface area contributed by atoms with Gasteiger partial charge in [0.05, 0.1) is 27.9 Å². The minimum atomic E-state index is -0.415. The highest BCUT2D eigenvalue weighted by Crippen LogP contribution is 2.33. The highest BCUT2D eigenvalue weighted by Gasteiger charge is 2.23. The van der Waals surface area contributed by atoms with E-state index in [1.807, 2.05) is 47.4 Å². The number of carbonyl (C=O) groups is 2. The Balaban J connectivity index is 1.36. The predicted octanol–water partition coefficient (Wildman–Crippen LogP) is 5.96. The van der Waals surface area contributed by atoms with Crippen molar-refractivity contribution in [3.05, 3.63) is 85.8 Å². The highest BCUT2D eigenvalue weighted by molar-refractivity contribution is 9.11. The molecule has 7 nitrogen and oxygen atoms in total. The molecule has 0 aliphatic carbocycles. The molecule has 0 bridgehead atoms. The van der Waals surface area contributed by atoms with E-state index < -0.39 is 5.91 Å². The van der Waals surface area contributed by atoms with Gasteiger partial charge in [-0.15, -0.1) is 0 Å². The molecule has 37 heavy (non-hydrogen) atoms. The van der Waals surface area contributed by atoms with Gasteiger partial charge in [-0.05, 0) is 70.6 Å². The summed E-state index contributed by atoms with van der Waals surface area (Å²) in [6, 6.07) is 18.2. The van der Waals surface area contributed by atoms with Gasteiger partial charge in [0, 0.05) is 41.9 Å². The van der Waals surface area contributed by atoms with Crippen molar-refractivity contribution in [2.45, 2.75) is 0 Å². The number of benzene rings is 3. The van der Waals surface area contributed by atoms with Gasteiger partial charge >= 0.3 is 0 Å². The zero-order valence-corrected chi connectivity index (χ0v) is 24.5. The first-order chi connectivity index (χ1) is 17.8. The normalized spacial score (nSPS) is 13.2. The Hall–Kier alpha value is -2.66. The van der Waals surface area contributed by atoms with Gasteiger partial charge in [-0.25, -0.2) is 0 Å². The molecule has 3 aromatic carbocycles. The molecule has 192 valence electrons. The quantitative estimate of drug-likeness (QED) is 0.328. The minimum Gasteiger partial charge on any atom is -0.495 e. The average molecular weight is 667 g/mol. The predicted molar refractivity (Wildman–Crippen MR) is 158 cm³/mol. The monoisotopic (exact) mass is 664 g/mol. The van der Waals surface area contributed by atoms with E-state index in [4.69, 9.17) is 28.6 Å². The zero-order valence-electron chi connectivity index (χ0n) is 19.8. The van der Waals surface area contributed by atoms with Crippen molar-refractivity contribution >= 4 is 84.0 Å². The molecule has 3 aromatic rings. The molecule has 11 heteroatoms. The summed E-state index contributed by atoms with van der Waals surface area (Å²) in [7, 11) is 1.49. The molecular formula is C26H23Br2ClN4O3S. The van der Waals surface area contributed by atoms with E-state index in [1.165, 1.54) is 7.11 Å². The van der Waals surface area contributed by atoms with Crippen molar-refractivity contribution in [1.82, 2.24) is 10.2 Å². The highest BCUT2D eigenvalue weighted by atomic mass is 79.9. The third-order valence-electron chi connectivity index (χ3n) is 5.82. The van der Waals surface area contributed by atoms with Crippen LogP contribution >= 0.6 is 55.7 Å². The third kappa shape index (κ3) is 6.62.